The number of hydrogen-bond donors (Lipinski definition) is 5. The zero-order valence-electron chi connectivity index (χ0n) is 20.3. The number of carbonyl (C=O) groups excluding carboxylic acids is 1. The Hall–Kier alpha value is -1.97. The Bertz CT molecular complexity index is 1150. The zero-order valence-corrected chi connectivity index (χ0v) is 22.8. The molecule has 0 spiro atoms. The Morgan fingerprint density at radius 1 is 1.32 bits per heavy atom. The molecule has 37 heavy (non-hydrogen) atoms. The molecule has 0 aliphatic carbocycles. The number of rotatable bonds is 12. The number of sulfonamides is 1. The molecule has 2 fully saturated rings. The van der Waals surface area contributed by atoms with Crippen molar-refractivity contribution in [2.75, 3.05) is 35.9 Å². The van der Waals surface area contributed by atoms with Crippen LogP contribution in [0, 0.1) is 11.8 Å². The lowest BCUT2D eigenvalue weighted by Crippen LogP contribution is -2.60. The quantitative estimate of drug-likeness (QED) is 0.140. The lowest BCUT2D eigenvalue weighted by molar-refractivity contribution is -0.156. The highest BCUT2D eigenvalue weighted by atomic mass is 32.2. The minimum atomic E-state index is -3.44. The number of anilines is 1. The number of hydrogen-bond acceptors (Lipinski definition) is 10. The van der Waals surface area contributed by atoms with Crippen LogP contribution in [0.15, 0.2) is 39.9 Å². The first-order chi connectivity index (χ1) is 17.6. The zero-order chi connectivity index (χ0) is 26.7. The number of aliphatic hydroxyl groups excluding tert-OH is 1. The number of aliphatic hydroxyl groups is 1. The van der Waals surface area contributed by atoms with Gasteiger partial charge in [0.2, 0.25) is 21.8 Å². The van der Waals surface area contributed by atoms with E-state index in [2.05, 4.69) is 10.0 Å². The van der Waals surface area contributed by atoms with Crippen LogP contribution in [0.4, 0.5) is 10.5 Å². The van der Waals surface area contributed by atoms with Crippen LogP contribution in [0.25, 0.3) is 0 Å². The van der Waals surface area contributed by atoms with Gasteiger partial charge in [-0.25, -0.2) is 13.2 Å². The summed E-state index contributed by atoms with van der Waals surface area (Å²) in [6.45, 7) is 2.68. The molecule has 3 aliphatic heterocycles. The van der Waals surface area contributed by atoms with Crippen molar-refractivity contribution in [3.05, 3.63) is 35.1 Å². The fourth-order valence-electron chi connectivity index (χ4n) is 5.00. The molecule has 4 rings (SSSR count). The number of carbonyl (C=O) groups is 2. The van der Waals surface area contributed by atoms with E-state index in [9.17, 15) is 28.2 Å². The van der Waals surface area contributed by atoms with Crippen LogP contribution in [-0.4, -0.2) is 84.1 Å². The van der Waals surface area contributed by atoms with E-state index in [0.29, 0.717) is 12.1 Å². The van der Waals surface area contributed by atoms with Gasteiger partial charge in [0.15, 0.2) is 0 Å². The van der Waals surface area contributed by atoms with E-state index in [1.54, 1.807) is 35.7 Å². The predicted molar refractivity (Wildman–Crippen MR) is 143 cm³/mol. The number of amides is 1. The molecule has 3 heterocycles. The minimum Gasteiger partial charge on any atom is -0.449 e. The van der Waals surface area contributed by atoms with Crippen molar-refractivity contribution in [3.63, 3.8) is 0 Å². The van der Waals surface area contributed by atoms with E-state index in [1.165, 1.54) is 4.90 Å². The summed E-state index contributed by atoms with van der Waals surface area (Å²) in [5, 5.41) is 22.3. The molecule has 0 unspecified atom stereocenters. The fraction of sp³-hybridized carbons (Fsp3) is 0.565. The van der Waals surface area contributed by atoms with Gasteiger partial charge < -0.3 is 26.0 Å². The smallest absolute Gasteiger partial charge is 0.449 e. The van der Waals surface area contributed by atoms with Crippen LogP contribution in [0.2, 0.25) is 0 Å². The molecular formula is C23H32N4O7S3. The lowest BCUT2D eigenvalue weighted by Gasteiger charge is -2.44. The van der Waals surface area contributed by atoms with Crippen molar-refractivity contribution in [2.45, 2.75) is 42.0 Å². The molecule has 14 heteroatoms. The van der Waals surface area contributed by atoms with Gasteiger partial charge in [0, 0.05) is 53.2 Å². The van der Waals surface area contributed by atoms with Gasteiger partial charge in [-0.2, -0.15) is 0 Å². The van der Waals surface area contributed by atoms with Gasteiger partial charge in [-0.3, -0.25) is 14.4 Å². The van der Waals surface area contributed by atoms with Crippen molar-refractivity contribution >= 4 is 51.3 Å². The van der Waals surface area contributed by atoms with E-state index >= 15 is 0 Å². The predicted octanol–water partition coefficient (Wildman–Crippen LogP) is 1.67. The molecule has 3 aliphatic rings. The summed E-state index contributed by atoms with van der Waals surface area (Å²) in [4.78, 5) is 27.1. The normalized spacial score (nSPS) is 27.3. The summed E-state index contributed by atoms with van der Waals surface area (Å²) < 4.78 is 31.3. The van der Waals surface area contributed by atoms with E-state index in [-0.39, 0.29) is 59.9 Å². The van der Waals surface area contributed by atoms with Crippen molar-refractivity contribution in [1.29, 1.82) is 0 Å². The third kappa shape index (κ3) is 6.37. The maximum Gasteiger partial charge on any atom is 0.512 e. The second kappa shape index (κ2) is 11.8. The summed E-state index contributed by atoms with van der Waals surface area (Å²) >= 11 is 3.23. The molecule has 5 atom stereocenters. The Morgan fingerprint density at radius 3 is 2.70 bits per heavy atom. The maximum absolute atomic E-state index is 12.6. The van der Waals surface area contributed by atoms with Crippen LogP contribution >= 0.6 is 23.5 Å². The molecule has 1 aromatic rings. The first-order valence-electron chi connectivity index (χ1n) is 12.1. The van der Waals surface area contributed by atoms with Gasteiger partial charge in [-0.1, -0.05) is 6.92 Å². The molecule has 6 N–H and O–H groups in total. The number of ether oxygens (including phenoxy) is 1. The molecule has 2 saturated heterocycles. The average molecular weight is 573 g/mol. The van der Waals surface area contributed by atoms with Crippen LogP contribution in [0.3, 0.4) is 0 Å². The van der Waals surface area contributed by atoms with Crippen LogP contribution in [0.5, 0.6) is 0 Å². The number of β-lactam (4-membered cyclic amide) rings is 1. The van der Waals surface area contributed by atoms with E-state index in [4.69, 9.17) is 10.5 Å². The number of nitrogens with one attached hydrogen (secondary N) is 2. The maximum atomic E-state index is 12.6. The topological polar surface area (TPSA) is 171 Å². The molecule has 1 aromatic carbocycles. The molecule has 0 aromatic heterocycles. The Balaban J connectivity index is 1.32. The SMILES string of the molecule is C[C@H]1C(S[C@@H]2CN[C@H](CSc3ccc(NS(=O)(=O)CCN)cc3)C2)=C(OC(=O)O)N2C(=O)[C@@H](CCO)[C@@H]12. The standard InChI is InChI=1S/C23H32N4O7S3/c1-13-19-18(6-8-28)21(29)27(19)22(34-23(30)31)20(13)36-17-10-15(25-11-17)12-35-16-4-2-14(3-5-16)26-37(32,33)9-7-24/h2-5,13,15,17-19,25-26,28H,6-12,24H2,1H3,(H,30,31)/t13-,15+,17+,18+,19-/m1/s1. The summed E-state index contributed by atoms with van der Waals surface area (Å²) in [5.74, 6) is 0.215. The summed E-state index contributed by atoms with van der Waals surface area (Å²) in [6.07, 6.45) is -0.228. The van der Waals surface area contributed by atoms with E-state index in [0.717, 1.165) is 28.5 Å². The molecule has 0 radical (unpaired) electrons. The second-order valence-corrected chi connectivity index (χ2v) is 13.5. The van der Waals surface area contributed by atoms with Crippen molar-refractivity contribution in [1.82, 2.24) is 10.2 Å². The summed E-state index contributed by atoms with van der Waals surface area (Å²) in [5.41, 5.74) is 5.83. The monoisotopic (exact) mass is 572 g/mol. The number of fused-ring (bicyclic) bond motifs is 1. The third-order valence-corrected chi connectivity index (χ3v) is 10.7. The first kappa shape index (κ1) is 28.0. The number of nitrogens with two attached hydrogens (primary N) is 1. The summed E-state index contributed by atoms with van der Waals surface area (Å²) in [6, 6.07) is 7.26. The van der Waals surface area contributed by atoms with Gasteiger partial charge in [0.1, 0.15) is 0 Å². The lowest BCUT2D eigenvalue weighted by atomic mass is 9.80. The highest BCUT2D eigenvalue weighted by Crippen LogP contribution is 2.52. The molecular weight excluding hydrogens is 540 g/mol. The summed E-state index contributed by atoms with van der Waals surface area (Å²) in [7, 11) is -3.44. The Kier molecular flexibility index (Phi) is 8.96. The second-order valence-electron chi connectivity index (χ2n) is 9.27. The van der Waals surface area contributed by atoms with Crippen molar-refractivity contribution < 1.29 is 33.0 Å². The van der Waals surface area contributed by atoms with Gasteiger partial charge in [-0.15, -0.1) is 23.5 Å². The number of nitrogens with zero attached hydrogens (tertiary/aromatic N) is 1. The molecule has 204 valence electrons. The number of carboxylic acid groups (broad SMARTS) is 1. The van der Waals surface area contributed by atoms with Crippen LogP contribution in [-0.2, 0) is 19.6 Å². The Morgan fingerprint density at radius 2 is 2.05 bits per heavy atom. The highest BCUT2D eigenvalue weighted by Gasteiger charge is 2.58. The Labute approximate surface area is 224 Å². The number of benzene rings is 1. The molecule has 11 nitrogen and oxygen atoms in total. The highest BCUT2D eigenvalue weighted by molar-refractivity contribution is 8.03. The molecule has 1 amide bonds. The first-order valence-corrected chi connectivity index (χ1v) is 15.6. The van der Waals surface area contributed by atoms with Crippen molar-refractivity contribution in [2.24, 2.45) is 17.6 Å². The van der Waals surface area contributed by atoms with Gasteiger partial charge in [0.25, 0.3) is 0 Å². The molecule has 0 bridgehead atoms. The van der Waals surface area contributed by atoms with Crippen LogP contribution < -0.4 is 15.8 Å². The van der Waals surface area contributed by atoms with E-state index < -0.39 is 16.2 Å². The van der Waals surface area contributed by atoms with Gasteiger partial charge >= 0.3 is 6.16 Å². The van der Waals surface area contributed by atoms with E-state index in [1.807, 2.05) is 19.1 Å². The minimum absolute atomic E-state index is 0.0578. The third-order valence-electron chi connectivity index (χ3n) is 6.69. The fourth-order valence-corrected chi connectivity index (χ4v) is 8.34. The molecule has 0 saturated carbocycles. The van der Waals surface area contributed by atoms with Crippen LogP contribution in [0.1, 0.15) is 19.8 Å². The largest absolute Gasteiger partial charge is 0.512 e. The average Bonchev–Trinajstić information content (AvgIpc) is 3.38. The van der Waals surface area contributed by atoms with Gasteiger partial charge in [-0.05, 0) is 37.1 Å². The van der Waals surface area contributed by atoms with Crippen molar-refractivity contribution in [3.8, 4) is 0 Å². The number of thioether (sulfide) groups is 2. The van der Waals surface area contributed by atoms with Gasteiger partial charge in [0.05, 0.1) is 22.6 Å².